The number of carbonyl (C=O) groups excluding carboxylic acids is 1. The Morgan fingerprint density at radius 1 is 1.39 bits per heavy atom. The third kappa shape index (κ3) is 0.922. The highest BCUT2D eigenvalue weighted by atomic mass is 16.3. The average Bonchev–Trinajstić information content (AvgIpc) is 2.88. The molecule has 1 spiro atoms. The first kappa shape index (κ1) is 11.0. The van der Waals surface area contributed by atoms with Crippen molar-refractivity contribution in [3.8, 4) is 0 Å². The number of allylic oxidation sites excluding steroid dienone is 3. The minimum atomic E-state index is -0.412. The highest BCUT2D eigenvalue weighted by molar-refractivity contribution is 5.95. The zero-order chi connectivity index (χ0) is 12.8. The van der Waals surface area contributed by atoms with Gasteiger partial charge in [0, 0.05) is 17.3 Å². The molecule has 96 valence electrons. The van der Waals surface area contributed by atoms with Crippen LogP contribution in [0.1, 0.15) is 20.8 Å². The van der Waals surface area contributed by atoms with Gasteiger partial charge in [-0.15, -0.1) is 0 Å². The van der Waals surface area contributed by atoms with E-state index in [-0.39, 0.29) is 23.0 Å². The van der Waals surface area contributed by atoms with Gasteiger partial charge in [-0.05, 0) is 36.7 Å². The summed E-state index contributed by atoms with van der Waals surface area (Å²) in [5.74, 6) is 2.78. The molecule has 4 rings (SSSR count). The molecule has 0 saturated heterocycles. The fourth-order valence-electron chi connectivity index (χ4n) is 5.78. The molecular weight excluding hydrogens is 224 g/mol. The first-order valence-corrected chi connectivity index (χ1v) is 7.09. The number of fused-ring (bicyclic) bond motifs is 3. The first-order valence-electron chi connectivity index (χ1n) is 7.09. The van der Waals surface area contributed by atoms with Crippen molar-refractivity contribution in [1.29, 1.82) is 0 Å². The van der Waals surface area contributed by atoms with Crippen molar-refractivity contribution >= 4 is 5.78 Å². The molecule has 0 radical (unpaired) electrons. The summed E-state index contributed by atoms with van der Waals surface area (Å²) in [5, 5.41) is 10.3. The molecule has 2 heteroatoms. The van der Waals surface area contributed by atoms with Crippen LogP contribution in [0.3, 0.4) is 0 Å². The summed E-state index contributed by atoms with van der Waals surface area (Å²) in [6.45, 7) is 6.71. The molecular formula is C16H20O2. The largest absolute Gasteiger partial charge is 0.389 e. The monoisotopic (exact) mass is 244 g/mol. The van der Waals surface area contributed by atoms with Crippen LogP contribution in [0.15, 0.2) is 23.8 Å². The highest BCUT2D eigenvalue weighted by Crippen LogP contribution is 2.83. The van der Waals surface area contributed by atoms with Crippen LogP contribution in [0.25, 0.3) is 0 Å². The molecule has 2 fully saturated rings. The van der Waals surface area contributed by atoms with Gasteiger partial charge in [0.1, 0.15) is 0 Å². The van der Waals surface area contributed by atoms with E-state index in [9.17, 15) is 9.90 Å². The maximum atomic E-state index is 12.2. The minimum absolute atomic E-state index is 0.0648. The summed E-state index contributed by atoms with van der Waals surface area (Å²) < 4.78 is 0. The molecule has 18 heavy (non-hydrogen) atoms. The van der Waals surface area contributed by atoms with Gasteiger partial charge in [0.05, 0.1) is 6.10 Å². The SMILES string of the molecule is CC1=CC23C1C1C(=O)C=CC(O)C1C2C3C(C)C. The fourth-order valence-corrected chi connectivity index (χ4v) is 5.78. The minimum Gasteiger partial charge on any atom is -0.389 e. The second kappa shape index (κ2) is 2.98. The lowest BCUT2D eigenvalue weighted by Gasteiger charge is -2.41. The number of hydrogen-bond donors (Lipinski definition) is 1. The number of carbonyl (C=O) groups is 1. The van der Waals surface area contributed by atoms with Crippen molar-refractivity contribution in [3.63, 3.8) is 0 Å². The van der Waals surface area contributed by atoms with Crippen molar-refractivity contribution in [3.05, 3.63) is 23.8 Å². The highest BCUT2D eigenvalue weighted by Gasteiger charge is 2.81. The van der Waals surface area contributed by atoms with E-state index in [1.54, 1.807) is 12.2 Å². The Hall–Kier alpha value is -0.890. The Morgan fingerprint density at radius 3 is 2.72 bits per heavy atom. The number of aliphatic hydroxyl groups excluding tert-OH is 1. The van der Waals surface area contributed by atoms with Crippen molar-refractivity contribution in [2.24, 2.45) is 40.9 Å². The summed E-state index contributed by atoms with van der Waals surface area (Å²) in [7, 11) is 0. The van der Waals surface area contributed by atoms with Gasteiger partial charge in [-0.25, -0.2) is 0 Å². The molecule has 0 aliphatic heterocycles. The topological polar surface area (TPSA) is 37.3 Å². The van der Waals surface area contributed by atoms with E-state index in [1.807, 2.05) is 0 Å². The zero-order valence-corrected chi connectivity index (χ0v) is 11.1. The Kier molecular flexibility index (Phi) is 1.82. The van der Waals surface area contributed by atoms with Crippen LogP contribution in [0.4, 0.5) is 0 Å². The molecule has 0 aromatic heterocycles. The van der Waals surface area contributed by atoms with Crippen molar-refractivity contribution < 1.29 is 9.90 Å². The van der Waals surface area contributed by atoms with Crippen LogP contribution < -0.4 is 0 Å². The van der Waals surface area contributed by atoms with E-state index in [4.69, 9.17) is 0 Å². The molecule has 4 aliphatic rings. The molecule has 1 N–H and O–H groups in total. The van der Waals surface area contributed by atoms with Crippen molar-refractivity contribution in [2.75, 3.05) is 0 Å². The number of aliphatic hydroxyl groups is 1. The Morgan fingerprint density at radius 2 is 2.11 bits per heavy atom. The van der Waals surface area contributed by atoms with E-state index >= 15 is 0 Å². The van der Waals surface area contributed by atoms with Gasteiger partial charge < -0.3 is 5.11 Å². The second-order valence-electron chi connectivity index (χ2n) is 7.02. The Bertz CT molecular complexity index is 501. The van der Waals surface area contributed by atoms with E-state index < -0.39 is 6.10 Å². The third-order valence-corrected chi connectivity index (χ3v) is 6.03. The molecule has 0 bridgehead atoms. The van der Waals surface area contributed by atoms with Crippen LogP contribution in [0.2, 0.25) is 0 Å². The van der Waals surface area contributed by atoms with Crippen LogP contribution in [0.5, 0.6) is 0 Å². The van der Waals surface area contributed by atoms with Gasteiger partial charge in [-0.3, -0.25) is 4.79 Å². The molecule has 7 unspecified atom stereocenters. The first-order chi connectivity index (χ1) is 8.50. The number of hydrogen-bond acceptors (Lipinski definition) is 2. The summed E-state index contributed by atoms with van der Waals surface area (Å²) in [5.41, 5.74) is 1.66. The summed E-state index contributed by atoms with van der Waals surface area (Å²) in [4.78, 5) is 12.2. The van der Waals surface area contributed by atoms with Crippen LogP contribution >= 0.6 is 0 Å². The molecule has 2 saturated carbocycles. The maximum absolute atomic E-state index is 12.2. The van der Waals surface area contributed by atoms with E-state index in [2.05, 4.69) is 26.8 Å². The predicted molar refractivity (Wildman–Crippen MR) is 68.6 cm³/mol. The summed E-state index contributed by atoms with van der Waals surface area (Å²) in [6, 6.07) is 0. The smallest absolute Gasteiger partial charge is 0.159 e. The molecule has 4 aliphatic carbocycles. The van der Waals surface area contributed by atoms with Crippen molar-refractivity contribution in [1.82, 2.24) is 0 Å². The van der Waals surface area contributed by atoms with Gasteiger partial charge in [0.15, 0.2) is 5.78 Å². The van der Waals surface area contributed by atoms with Gasteiger partial charge >= 0.3 is 0 Å². The lowest BCUT2D eigenvalue weighted by atomic mass is 9.62. The normalized spacial score (nSPS) is 55.6. The standard InChI is InChI=1S/C16H20O2/c1-7(2)13-15-12-10(18)5-4-9(17)11(12)14-8(3)6-16(13,14)15/h4-7,10-15,18H,1-3H3. The lowest BCUT2D eigenvalue weighted by Crippen LogP contribution is -2.42. The van der Waals surface area contributed by atoms with E-state index in [0.717, 1.165) is 0 Å². The number of ketones is 1. The molecule has 0 aromatic rings. The zero-order valence-electron chi connectivity index (χ0n) is 11.1. The van der Waals surface area contributed by atoms with Crippen LogP contribution in [0, 0.1) is 40.9 Å². The molecule has 0 amide bonds. The summed E-state index contributed by atoms with van der Waals surface area (Å²) >= 11 is 0. The van der Waals surface area contributed by atoms with Gasteiger partial charge in [-0.2, -0.15) is 0 Å². The van der Waals surface area contributed by atoms with E-state index in [0.29, 0.717) is 23.7 Å². The van der Waals surface area contributed by atoms with Gasteiger partial charge in [-0.1, -0.05) is 31.6 Å². The third-order valence-electron chi connectivity index (χ3n) is 6.03. The quantitative estimate of drug-likeness (QED) is 0.718. The predicted octanol–water partition coefficient (Wildman–Crippen LogP) is 2.20. The summed E-state index contributed by atoms with van der Waals surface area (Å²) in [6.07, 6.45) is 5.32. The molecule has 2 nitrogen and oxygen atoms in total. The van der Waals surface area contributed by atoms with E-state index in [1.165, 1.54) is 5.57 Å². The average molecular weight is 244 g/mol. The Labute approximate surface area is 108 Å². The van der Waals surface area contributed by atoms with Crippen LogP contribution in [-0.2, 0) is 4.79 Å². The fraction of sp³-hybridized carbons (Fsp3) is 0.688. The van der Waals surface area contributed by atoms with Gasteiger partial charge in [0.2, 0.25) is 0 Å². The maximum Gasteiger partial charge on any atom is 0.159 e. The van der Waals surface area contributed by atoms with Gasteiger partial charge in [0.25, 0.3) is 0 Å². The lowest BCUT2D eigenvalue weighted by molar-refractivity contribution is -0.123. The van der Waals surface area contributed by atoms with Crippen molar-refractivity contribution in [2.45, 2.75) is 26.9 Å². The molecule has 0 heterocycles. The number of rotatable bonds is 1. The van der Waals surface area contributed by atoms with Crippen LogP contribution in [-0.4, -0.2) is 17.0 Å². The molecule has 0 aromatic carbocycles. The second-order valence-corrected chi connectivity index (χ2v) is 7.02. The molecule has 7 atom stereocenters. The Balaban J connectivity index is 1.80.